The van der Waals surface area contributed by atoms with Crippen molar-refractivity contribution in [1.29, 1.82) is 0 Å². The van der Waals surface area contributed by atoms with Crippen molar-refractivity contribution in [2.75, 3.05) is 5.32 Å². The van der Waals surface area contributed by atoms with Gasteiger partial charge in [0.2, 0.25) is 5.91 Å². The topological polar surface area (TPSA) is 66.6 Å². The fourth-order valence-electron chi connectivity index (χ4n) is 2.80. The number of fused-ring (bicyclic) bond motifs is 1. The number of rotatable bonds is 4. The summed E-state index contributed by atoms with van der Waals surface area (Å²) in [5.74, 6) is 0.721. The smallest absolute Gasteiger partial charge is 0.228 e. The number of nitrogens with zero attached hydrogens (tertiary/aromatic N) is 2. The summed E-state index contributed by atoms with van der Waals surface area (Å²) in [6, 6.07) is 9.25. The molecule has 0 atom stereocenters. The van der Waals surface area contributed by atoms with Gasteiger partial charge < -0.3 is 14.8 Å². The molecule has 1 saturated carbocycles. The molecule has 0 unspecified atom stereocenters. The van der Waals surface area contributed by atoms with Crippen LogP contribution >= 0.6 is 11.6 Å². The van der Waals surface area contributed by atoms with E-state index in [9.17, 15) is 9.90 Å². The molecule has 0 spiro atoms. The molecule has 2 heterocycles. The Labute approximate surface area is 143 Å². The third-order valence-electron chi connectivity index (χ3n) is 4.21. The molecule has 122 valence electrons. The first-order chi connectivity index (χ1) is 11.7. The summed E-state index contributed by atoms with van der Waals surface area (Å²) in [6.07, 6.45) is 5.60. The van der Waals surface area contributed by atoms with Gasteiger partial charge in [0, 0.05) is 28.3 Å². The van der Waals surface area contributed by atoms with Gasteiger partial charge in [-0.2, -0.15) is 0 Å². The highest BCUT2D eigenvalue weighted by molar-refractivity contribution is 6.33. The average Bonchev–Trinajstić information content (AvgIpc) is 3.35. The number of amides is 1. The summed E-state index contributed by atoms with van der Waals surface area (Å²) < 4.78 is 1.85. The van der Waals surface area contributed by atoms with Crippen LogP contribution in [0.3, 0.4) is 0 Å². The number of aliphatic hydroxyl groups excluding tert-OH is 1. The zero-order valence-electron chi connectivity index (χ0n) is 12.9. The van der Waals surface area contributed by atoms with Crippen LogP contribution in [0.2, 0.25) is 5.02 Å². The predicted molar refractivity (Wildman–Crippen MR) is 92.9 cm³/mol. The van der Waals surface area contributed by atoms with Crippen molar-refractivity contribution >= 4 is 29.0 Å². The first-order valence-corrected chi connectivity index (χ1v) is 8.22. The van der Waals surface area contributed by atoms with E-state index in [1.165, 1.54) is 0 Å². The number of hydrogen-bond acceptors (Lipinski definition) is 3. The van der Waals surface area contributed by atoms with E-state index in [1.807, 2.05) is 34.9 Å². The zero-order chi connectivity index (χ0) is 16.7. The van der Waals surface area contributed by atoms with Crippen molar-refractivity contribution in [2.45, 2.75) is 19.4 Å². The number of pyridine rings is 1. The van der Waals surface area contributed by atoms with Gasteiger partial charge in [0.1, 0.15) is 5.65 Å². The first kappa shape index (κ1) is 15.2. The monoisotopic (exact) mass is 341 g/mol. The molecule has 0 saturated heterocycles. The third kappa shape index (κ3) is 2.77. The van der Waals surface area contributed by atoms with Crippen molar-refractivity contribution in [3.63, 3.8) is 0 Å². The highest BCUT2D eigenvalue weighted by atomic mass is 35.5. The number of hydrogen-bond donors (Lipinski definition) is 2. The van der Waals surface area contributed by atoms with Gasteiger partial charge >= 0.3 is 0 Å². The molecule has 1 aromatic carbocycles. The lowest BCUT2D eigenvalue weighted by Crippen LogP contribution is -2.13. The Hall–Kier alpha value is -2.37. The highest BCUT2D eigenvalue weighted by Crippen LogP contribution is 2.32. The summed E-state index contributed by atoms with van der Waals surface area (Å²) in [5.41, 5.74) is 3.20. The maximum absolute atomic E-state index is 11.9. The molecule has 1 aliphatic carbocycles. The zero-order valence-corrected chi connectivity index (χ0v) is 13.6. The van der Waals surface area contributed by atoms with E-state index in [4.69, 9.17) is 11.6 Å². The fraction of sp³-hybridized carbons (Fsp3) is 0.222. The van der Waals surface area contributed by atoms with Crippen LogP contribution in [0.1, 0.15) is 18.4 Å². The van der Waals surface area contributed by atoms with Gasteiger partial charge in [-0.1, -0.05) is 23.7 Å². The summed E-state index contributed by atoms with van der Waals surface area (Å²) >= 11 is 6.32. The van der Waals surface area contributed by atoms with Gasteiger partial charge in [-0.15, -0.1) is 0 Å². The van der Waals surface area contributed by atoms with Gasteiger partial charge in [-0.05, 0) is 36.6 Å². The van der Waals surface area contributed by atoms with Crippen molar-refractivity contribution in [2.24, 2.45) is 5.92 Å². The van der Waals surface area contributed by atoms with Crippen LogP contribution in [0.25, 0.3) is 16.8 Å². The second kappa shape index (κ2) is 5.92. The van der Waals surface area contributed by atoms with Crippen molar-refractivity contribution in [1.82, 2.24) is 9.38 Å². The average molecular weight is 342 g/mol. The molecule has 1 fully saturated rings. The largest absolute Gasteiger partial charge is 0.392 e. The molecule has 0 bridgehead atoms. The molecule has 0 radical (unpaired) electrons. The van der Waals surface area contributed by atoms with Crippen molar-refractivity contribution < 1.29 is 9.90 Å². The molecule has 6 heteroatoms. The van der Waals surface area contributed by atoms with Crippen LogP contribution in [-0.2, 0) is 11.4 Å². The molecule has 2 aromatic heterocycles. The van der Waals surface area contributed by atoms with Crippen molar-refractivity contribution in [3.8, 4) is 11.1 Å². The van der Waals surface area contributed by atoms with E-state index < -0.39 is 0 Å². The summed E-state index contributed by atoms with van der Waals surface area (Å²) in [5, 5.41) is 13.0. The maximum atomic E-state index is 11.9. The number of nitrogens with one attached hydrogen (secondary N) is 1. The summed E-state index contributed by atoms with van der Waals surface area (Å²) in [7, 11) is 0. The number of halogens is 1. The van der Waals surface area contributed by atoms with Crippen LogP contribution in [0, 0.1) is 5.92 Å². The van der Waals surface area contributed by atoms with E-state index in [0.717, 1.165) is 35.2 Å². The van der Waals surface area contributed by atoms with Crippen LogP contribution in [0.5, 0.6) is 0 Å². The van der Waals surface area contributed by atoms with E-state index in [2.05, 4.69) is 10.3 Å². The van der Waals surface area contributed by atoms with E-state index in [1.54, 1.807) is 12.3 Å². The predicted octanol–water partition coefficient (Wildman–Crippen LogP) is 3.50. The number of imidazole rings is 1. The van der Waals surface area contributed by atoms with E-state index >= 15 is 0 Å². The minimum Gasteiger partial charge on any atom is -0.392 e. The fourth-order valence-corrected chi connectivity index (χ4v) is 3.10. The maximum Gasteiger partial charge on any atom is 0.228 e. The molecule has 5 nitrogen and oxygen atoms in total. The second-order valence-electron chi connectivity index (χ2n) is 6.00. The Bertz CT molecular complexity index is 931. The lowest BCUT2D eigenvalue weighted by molar-refractivity contribution is -0.117. The minimum atomic E-state index is -0.0828. The number of carbonyl (C=O) groups excluding carboxylic acids is 1. The molecule has 4 rings (SSSR count). The molecule has 1 aliphatic rings. The Morgan fingerprint density at radius 2 is 2.12 bits per heavy atom. The van der Waals surface area contributed by atoms with Crippen LogP contribution in [0.15, 0.2) is 42.7 Å². The highest BCUT2D eigenvalue weighted by Gasteiger charge is 2.30. The van der Waals surface area contributed by atoms with Crippen LogP contribution in [0.4, 0.5) is 5.82 Å². The molecule has 24 heavy (non-hydrogen) atoms. The van der Waals surface area contributed by atoms with Crippen LogP contribution < -0.4 is 5.32 Å². The normalized spacial score (nSPS) is 14.1. The minimum absolute atomic E-state index is 0.0345. The molecule has 0 aliphatic heterocycles. The van der Waals surface area contributed by atoms with Gasteiger partial charge in [0.15, 0.2) is 5.82 Å². The molecule has 1 amide bonds. The summed E-state index contributed by atoms with van der Waals surface area (Å²) in [6.45, 7) is -0.0828. The number of benzene rings is 1. The number of anilines is 1. The standard InChI is InChI=1S/C18H16ClN3O2/c19-14-3-1-2-13(10-23)17(14)12-6-7-16-20-15(9-22(16)8-12)21-18(24)11-4-5-11/h1-3,6-9,11,23H,4-5,10H2,(H,21,24). The SMILES string of the molecule is O=C(Nc1cn2cc(-c3c(Cl)cccc3CO)ccc2n1)C1CC1. The van der Waals surface area contributed by atoms with E-state index in [-0.39, 0.29) is 18.4 Å². The van der Waals surface area contributed by atoms with Gasteiger partial charge in [-0.25, -0.2) is 4.98 Å². The first-order valence-electron chi connectivity index (χ1n) is 7.84. The molecular weight excluding hydrogens is 326 g/mol. The Balaban J connectivity index is 1.72. The lowest BCUT2D eigenvalue weighted by Gasteiger charge is -2.10. The number of aliphatic hydroxyl groups is 1. The Morgan fingerprint density at radius 3 is 2.88 bits per heavy atom. The number of carbonyl (C=O) groups is 1. The Kier molecular flexibility index (Phi) is 3.75. The van der Waals surface area contributed by atoms with Gasteiger partial charge in [0.25, 0.3) is 0 Å². The number of aromatic nitrogens is 2. The molecule has 3 aromatic rings. The Morgan fingerprint density at radius 1 is 1.29 bits per heavy atom. The summed E-state index contributed by atoms with van der Waals surface area (Å²) in [4.78, 5) is 16.3. The molecule has 2 N–H and O–H groups in total. The van der Waals surface area contributed by atoms with E-state index in [0.29, 0.717) is 10.8 Å². The molecular formula is C18H16ClN3O2. The quantitative estimate of drug-likeness (QED) is 0.763. The van der Waals surface area contributed by atoms with Crippen LogP contribution in [-0.4, -0.2) is 20.4 Å². The lowest BCUT2D eigenvalue weighted by atomic mass is 10.0. The second-order valence-corrected chi connectivity index (χ2v) is 6.41. The van der Waals surface area contributed by atoms with Gasteiger partial charge in [0.05, 0.1) is 12.8 Å². The third-order valence-corrected chi connectivity index (χ3v) is 4.52. The van der Waals surface area contributed by atoms with Gasteiger partial charge in [-0.3, -0.25) is 4.79 Å². The van der Waals surface area contributed by atoms with Crippen molar-refractivity contribution in [3.05, 3.63) is 53.3 Å².